The van der Waals surface area contributed by atoms with Crippen LogP contribution in [0.4, 0.5) is 30.5 Å². The molecule has 8 heteroatoms. The summed E-state index contributed by atoms with van der Waals surface area (Å²) in [5.41, 5.74) is 0.263. The average molecular weight is 358 g/mol. The van der Waals surface area contributed by atoms with Gasteiger partial charge in [0.05, 0.1) is 5.56 Å². The smallest absolute Gasteiger partial charge is 0.259 e. The van der Waals surface area contributed by atoms with Gasteiger partial charge in [0, 0.05) is 12.7 Å². The molecule has 0 aliphatic carbocycles. The van der Waals surface area contributed by atoms with Crippen molar-refractivity contribution in [2.75, 3.05) is 17.3 Å². The highest BCUT2D eigenvalue weighted by molar-refractivity contribution is 6.03. The second-order valence-corrected chi connectivity index (χ2v) is 5.35. The van der Waals surface area contributed by atoms with Crippen molar-refractivity contribution in [3.05, 3.63) is 77.6 Å². The lowest BCUT2D eigenvalue weighted by Gasteiger charge is -2.17. The van der Waals surface area contributed by atoms with E-state index < -0.39 is 28.9 Å². The predicted octanol–water partition coefficient (Wildman–Crippen LogP) is 3.91. The molecule has 0 unspecified atom stereocenters. The van der Waals surface area contributed by atoms with Gasteiger partial charge < -0.3 is 10.2 Å². The van der Waals surface area contributed by atoms with Gasteiger partial charge in [-0.1, -0.05) is 18.2 Å². The van der Waals surface area contributed by atoms with Crippen molar-refractivity contribution in [1.29, 1.82) is 0 Å². The van der Waals surface area contributed by atoms with Crippen LogP contribution < -0.4 is 10.2 Å². The first-order chi connectivity index (χ1) is 12.5. The summed E-state index contributed by atoms with van der Waals surface area (Å²) in [7, 11) is 1.80. The van der Waals surface area contributed by atoms with Crippen LogP contribution in [0, 0.1) is 17.5 Å². The van der Waals surface area contributed by atoms with Gasteiger partial charge >= 0.3 is 0 Å². The van der Waals surface area contributed by atoms with Crippen LogP contribution in [0.5, 0.6) is 0 Å². The van der Waals surface area contributed by atoms with E-state index in [1.807, 2.05) is 30.3 Å². The third kappa shape index (κ3) is 3.49. The Hall–Kier alpha value is -3.42. The van der Waals surface area contributed by atoms with Crippen LogP contribution in [0.3, 0.4) is 0 Å². The summed E-state index contributed by atoms with van der Waals surface area (Å²) in [6.45, 7) is 0. The Kier molecular flexibility index (Phi) is 4.83. The number of nitrogens with zero attached hydrogens (tertiary/aromatic N) is 3. The molecule has 0 radical (unpaired) electrons. The molecule has 0 aliphatic rings. The molecule has 1 N–H and O–H groups in total. The molecule has 3 rings (SSSR count). The standard InChI is InChI=1S/C18H13F3N4O/c1-25(11-5-3-2-4-6-11)15-10-9-14(23-24-15)22-18(26)12-7-8-13(19)17(21)16(12)20/h2-10H,1H3,(H,22,23,26). The Morgan fingerprint density at radius 1 is 0.923 bits per heavy atom. The second kappa shape index (κ2) is 7.22. The molecule has 0 bridgehead atoms. The zero-order valence-corrected chi connectivity index (χ0v) is 13.6. The van der Waals surface area contributed by atoms with Crippen molar-refractivity contribution >= 4 is 23.2 Å². The number of anilines is 3. The van der Waals surface area contributed by atoms with Gasteiger partial charge in [0.25, 0.3) is 5.91 Å². The number of benzene rings is 2. The van der Waals surface area contributed by atoms with E-state index >= 15 is 0 Å². The molecule has 0 aliphatic heterocycles. The van der Waals surface area contributed by atoms with Crippen LogP contribution in [0.1, 0.15) is 10.4 Å². The summed E-state index contributed by atoms with van der Waals surface area (Å²) in [4.78, 5) is 13.8. The van der Waals surface area contributed by atoms with E-state index in [9.17, 15) is 18.0 Å². The number of carbonyl (C=O) groups is 1. The molecule has 1 heterocycles. The molecule has 0 fully saturated rings. The highest BCUT2D eigenvalue weighted by atomic mass is 19.2. The van der Waals surface area contributed by atoms with Crippen LogP contribution in [0.15, 0.2) is 54.6 Å². The van der Waals surface area contributed by atoms with E-state index in [1.165, 1.54) is 6.07 Å². The monoisotopic (exact) mass is 358 g/mol. The third-order valence-electron chi connectivity index (χ3n) is 3.66. The zero-order chi connectivity index (χ0) is 18.7. The first-order valence-corrected chi connectivity index (χ1v) is 7.54. The number of carbonyl (C=O) groups excluding carboxylic acids is 1. The highest BCUT2D eigenvalue weighted by Gasteiger charge is 2.19. The second-order valence-electron chi connectivity index (χ2n) is 5.35. The van der Waals surface area contributed by atoms with Crippen molar-refractivity contribution in [2.24, 2.45) is 0 Å². The van der Waals surface area contributed by atoms with Gasteiger partial charge in [0.15, 0.2) is 29.1 Å². The van der Waals surface area contributed by atoms with Gasteiger partial charge in [-0.05, 0) is 36.4 Å². The molecule has 0 saturated carbocycles. The molecule has 132 valence electrons. The predicted molar refractivity (Wildman–Crippen MR) is 90.8 cm³/mol. The molecular formula is C18H13F3N4O. The molecule has 0 atom stereocenters. The number of hydrogen-bond acceptors (Lipinski definition) is 4. The van der Waals surface area contributed by atoms with Gasteiger partial charge in [-0.3, -0.25) is 4.79 Å². The molecule has 0 spiro atoms. The Bertz CT molecular complexity index is 933. The summed E-state index contributed by atoms with van der Waals surface area (Å²) in [6.07, 6.45) is 0. The maximum absolute atomic E-state index is 13.7. The Labute approximate surface area is 147 Å². The van der Waals surface area contributed by atoms with E-state index in [-0.39, 0.29) is 5.82 Å². The van der Waals surface area contributed by atoms with Crippen LogP contribution in [0.2, 0.25) is 0 Å². The van der Waals surface area contributed by atoms with Gasteiger partial charge in [0.2, 0.25) is 0 Å². The lowest BCUT2D eigenvalue weighted by atomic mass is 10.2. The van der Waals surface area contributed by atoms with E-state index in [1.54, 1.807) is 18.0 Å². The van der Waals surface area contributed by atoms with Crippen molar-refractivity contribution in [3.63, 3.8) is 0 Å². The lowest BCUT2D eigenvalue weighted by molar-refractivity contribution is 0.102. The van der Waals surface area contributed by atoms with Gasteiger partial charge in [-0.25, -0.2) is 13.2 Å². The molecule has 2 aromatic carbocycles. The number of halogens is 3. The lowest BCUT2D eigenvalue weighted by Crippen LogP contribution is -2.17. The maximum Gasteiger partial charge on any atom is 0.259 e. The average Bonchev–Trinajstić information content (AvgIpc) is 2.67. The fourth-order valence-corrected chi connectivity index (χ4v) is 2.24. The van der Waals surface area contributed by atoms with E-state index in [0.717, 1.165) is 11.8 Å². The zero-order valence-electron chi connectivity index (χ0n) is 13.6. The van der Waals surface area contributed by atoms with Gasteiger partial charge in [-0.2, -0.15) is 0 Å². The fourth-order valence-electron chi connectivity index (χ4n) is 2.24. The van der Waals surface area contributed by atoms with Crippen LogP contribution in [-0.4, -0.2) is 23.2 Å². The number of para-hydroxylation sites is 1. The molecular weight excluding hydrogens is 345 g/mol. The molecule has 5 nitrogen and oxygen atoms in total. The van der Waals surface area contributed by atoms with Crippen molar-refractivity contribution in [2.45, 2.75) is 0 Å². The van der Waals surface area contributed by atoms with Crippen LogP contribution >= 0.6 is 0 Å². The molecule has 26 heavy (non-hydrogen) atoms. The maximum atomic E-state index is 13.7. The minimum atomic E-state index is -1.71. The van der Waals surface area contributed by atoms with Crippen LogP contribution in [-0.2, 0) is 0 Å². The van der Waals surface area contributed by atoms with Crippen molar-refractivity contribution in [3.8, 4) is 0 Å². The van der Waals surface area contributed by atoms with Gasteiger partial charge in [-0.15, -0.1) is 10.2 Å². The normalized spacial score (nSPS) is 10.5. The summed E-state index contributed by atoms with van der Waals surface area (Å²) < 4.78 is 39.8. The quantitative estimate of drug-likeness (QED) is 0.719. The number of amides is 1. The van der Waals surface area contributed by atoms with Gasteiger partial charge in [0.1, 0.15) is 0 Å². The minimum Gasteiger partial charge on any atom is -0.328 e. The van der Waals surface area contributed by atoms with E-state index in [4.69, 9.17) is 0 Å². The SMILES string of the molecule is CN(c1ccccc1)c1ccc(NC(=O)c2ccc(F)c(F)c2F)nn1. The van der Waals surface area contributed by atoms with Crippen molar-refractivity contribution < 1.29 is 18.0 Å². The Balaban J connectivity index is 1.75. The largest absolute Gasteiger partial charge is 0.328 e. The Morgan fingerprint density at radius 2 is 1.65 bits per heavy atom. The number of nitrogens with one attached hydrogen (secondary N) is 1. The summed E-state index contributed by atoms with van der Waals surface area (Å²) in [6, 6.07) is 14.0. The Morgan fingerprint density at radius 3 is 2.31 bits per heavy atom. The summed E-state index contributed by atoms with van der Waals surface area (Å²) >= 11 is 0. The molecule has 3 aromatic rings. The topological polar surface area (TPSA) is 58.1 Å². The van der Waals surface area contributed by atoms with E-state index in [0.29, 0.717) is 11.9 Å². The first kappa shape index (κ1) is 17.4. The van der Waals surface area contributed by atoms with Crippen LogP contribution in [0.25, 0.3) is 0 Å². The molecule has 1 aromatic heterocycles. The summed E-state index contributed by atoms with van der Waals surface area (Å²) in [5, 5.41) is 10.1. The first-order valence-electron chi connectivity index (χ1n) is 7.54. The number of hydrogen-bond donors (Lipinski definition) is 1. The minimum absolute atomic E-state index is 0.0457. The number of aromatic nitrogens is 2. The fraction of sp³-hybridized carbons (Fsp3) is 0.0556. The molecule has 1 amide bonds. The van der Waals surface area contributed by atoms with E-state index in [2.05, 4.69) is 15.5 Å². The summed E-state index contributed by atoms with van der Waals surface area (Å²) in [5.74, 6) is -5.02. The highest BCUT2D eigenvalue weighted by Crippen LogP contribution is 2.21. The van der Waals surface area contributed by atoms with Crippen molar-refractivity contribution in [1.82, 2.24) is 10.2 Å². The molecule has 0 saturated heterocycles. The third-order valence-corrected chi connectivity index (χ3v) is 3.66. The number of rotatable bonds is 4.